The number of carbonyl (C=O) groups excluding carboxylic acids is 1. The first-order valence-electron chi connectivity index (χ1n) is 7.53. The zero-order valence-corrected chi connectivity index (χ0v) is 13.9. The van der Waals surface area contributed by atoms with Crippen molar-refractivity contribution in [3.8, 4) is 0 Å². The van der Waals surface area contributed by atoms with Crippen molar-refractivity contribution in [2.75, 3.05) is 6.61 Å². The highest BCUT2D eigenvalue weighted by atomic mass is 19.1. The summed E-state index contributed by atoms with van der Waals surface area (Å²) in [5, 5.41) is 10.5. The number of halogens is 1. The lowest BCUT2D eigenvalue weighted by Gasteiger charge is -2.32. The molecule has 0 amide bonds. The third-order valence-electron chi connectivity index (χ3n) is 4.35. The average Bonchev–Trinajstić information content (AvgIpc) is 2.64. The van der Waals surface area contributed by atoms with E-state index in [1.807, 2.05) is 0 Å². The zero-order chi connectivity index (χ0) is 18.3. The molecule has 0 spiro atoms. The van der Waals surface area contributed by atoms with Crippen molar-refractivity contribution in [3.05, 3.63) is 33.1 Å². The first-order chi connectivity index (χ1) is 11.0. The Balaban J connectivity index is 2.35. The maximum absolute atomic E-state index is 15.2. The number of aromatic nitrogens is 2. The minimum atomic E-state index is -2.47. The van der Waals surface area contributed by atoms with E-state index >= 15 is 4.39 Å². The van der Waals surface area contributed by atoms with Crippen LogP contribution in [0.25, 0.3) is 0 Å². The molecule has 2 heterocycles. The molecule has 0 aromatic carbocycles. The molecule has 134 valence electrons. The first kappa shape index (κ1) is 18.3. The summed E-state index contributed by atoms with van der Waals surface area (Å²) in [4.78, 5) is 37.6. The molecule has 9 heteroatoms. The van der Waals surface area contributed by atoms with Gasteiger partial charge in [0, 0.05) is 12.3 Å². The molecule has 8 nitrogen and oxygen atoms in total. The number of ether oxygens (including phenoxy) is 2. The van der Waals surface area contributed by atoms with E-state index in [0.29, 0.717) is 4.57 Å². The molecule has 4 atom stereocenters. The van der Waals surface area contributed by atoms with Crippen molar-refractivity contribution in [2.45, 2.75) is 51.3 Å². The Morgan fingerprint density at radius 3 is 2.67 bits per heavy atom. The van der Waals surface area contributed by atoms with Gasteiger partial charge in [0.1, 0.15) is 18.3 Å². The number of H-pyrrole nitrogens is 1. The molecular weight excluding hydrogens is 323 g/mol. The SMILES string of the molecule is CC(C)C(=O)OC[C@H]1O[C@H](n2c(=O)cc[nH]c2=O)[C@](C)(F)[C@]1(C)O. The van der Waals surface area contributed by atoms with Crippen molar-refractivity contribution in [2.24, 2.45) is 5.92 Å². The van der Waals surface area contributed by atoms with E-state index in [-0.39, 0.29) is 0 Å². The van der Waals surface area contributed by atoms with Gasteiger partial charge in [-0.05, 0) is 13.8 Å². The lowest BCUT2D eigenvalue weighted by molar-refractivity contribution is -0.157. The largest absolute Gasteiger partial charge is 0.463 e. The predicted molar refractivity (Wildman–Crippen MR) is 81.2 cm³/mol. The van der Waals surface area contributed by atoms with Crippen molar-refractivity contribution in [3.63, 3.8) is 0 Å². The van der Waals surface area contributed by atoms with Crippen molar-refractivity contribution in [1.82, 2.24) is 9.55 Å². The highest BCUT2D eigenvalue weighted by Crippen LogP contribution is 2.47. The van der Waals surface area contributed by atoms with Gasteiger partial charge in [-0.1, -0.05) is 13.8 Å². The summed E-state index contributed by atoms with van der Waals surface area (Å²) in [5.41, 5.74) is -6.20. The third kappa shape index (κ3) is 2.89. The molecule has 2 N–H and O–H groups in total. The summed E-state index contributed by atoms with van der Waals surface area (Å²) < 4.78 is 26.2. The van der Waals surface area contributed by atoms with Crippen LogP contribution in [0.1, 0.15) is 33.9 Å². The van der Waals surface area contributed by atoms with Crippen LogP contribution >= 0.6 is 0 Å². The number of alkyl halides is 1. The van der Waals surface area contributed by atoms with Crippen molar-refractivity contribution >= 4 is 5.97 Å². The molecule has 1 fully saturated rings. The summed E-state index contributed by atoms with van der Waals surface area (Å²) >= 11 is 0. The smallest absolute Gasteiger partial charge is 0.330 e. The van der Waals surface area contributed by atoms with Gasteiger partial charge in [0.05, 0.1) is 5.92 Å². The highest BCUT2D eigenvalue weighted by molar-refractivity contribution is 5.71. The van der Waals surface area contributed by atoms with Crippen molar-refractivity contribution in [1.29, 1.82) is 0 Å². The van der Waals surface area contributed by atoms with E-state index in [4.69, 9.17) is 9.47 Å². The van der Waals surface area contributed by atoms with Gasteiger partial charge in [0.2, 0.25) is 0 Å². The monoisotopic (exact) mass is 344 g/mol. The van der Waals surface area contributed by atoms with Crippen molar-refractivity contribution < 1.29 is 23.8 Å². The fraction of sp³-hybridized carbons (Fsp3) is 0.667. The number of aromatic amines is 1. The van der Waals surface area contributed by atoms with Gasteiger partial charge in [-0.15, -0.1) is 0 Å². The normalized spacial score (nSPS) is 33.0. The number of rotatable bonds is 4. The van der Waals surface area contributed by atoms with Crippen LogP contribution in [0.4, 0.5) is 4.39 Å². The Morgan fingerprint density at radius 2 is 2.12 bits per heavy atom. The minimum Gasteiger partial charge on any atom is -0.463 e. The van der Waals surface area contributed by atoms with Crippen LogP contribution in [0.3, 0.4) is 0 Å². The summed E-state index contributed by atoms with van der Waals surface area (Å²) in [7, 11) is 0. The van der Waals surface area contributed by atoms with Crippen LogP contribution in [0, 0.1) is 5.92 Å². The maximum atomic E-state index is 15.2. The molecule has 0 bridgehead atoms. The molecule has 1 aliphatic rings. The summed E-state index contributed by atoms with van der Waals surface area (Å²) in [6, 6.07) is 1.04. The molecule has 1 aromatic rings. The molecule has 1 saturated heterocycles. The molecule has 0 unspecified atom stereocenters. The van der Waals surface area contributed by atoms with E-state index in [1.165, 1.54) is 6.92 Å². The maximum Gasteiger partial charge on any atom is 0.330 e. The van der Waals surface area contributed by atoms with E-state index in [1.54, 1.807) is 13.8 Å². The number of nitrogens with one attached hydrogen (secondary N) is 1. The Morgan fingerprint density at radius 1 is 1.50 bits per heavy atom. The van der Waals surface area contributed by atoms with E-state index in [0.717, 1.165) is 19.2 Å². The number of nitrogens with zero attached hydrogens (tertiary/aromatic N) is 1. The second-order valence-corrected chi connectivity index (χ2v) is 6.48. The van der Waals surface area contributed by atoms with Gasteiger partial charge in [-0.2, -0.15) is 0 Å². The van der Waals surface area contributed by atoms with Gasteiger partial charge in [0.15, 0.2) is 11.9 Å². The third-order valence-corrected chi connectivity index (χ3v) is 4.35. The van der Waals surface area contributed by atoms with Crippen LogP contribution in [0.5, 0.6) is 0 Å². The van der Waals surface area contributed by atoms with E-state index < -0.39 is 53.3 Å². The molecule has 0 saturated carbocycles. The number of esters is 1. The molecule has 0 radical (unpaired) electrons. The summed E-state index contributed by atoms with van der Waals surface area (Å²) in [6.45, 7) is 5.05. The van der Waals surface area contributed by atoms with Crippen LogP contribution in [0.2, 0.25) is 0 Å². The van der Waals surface area contributed by atoms with Crippen LogP contribution < -0.4 is 11.2 Å². The molecule has 2 rings (SSSR count). The molecular formula is C15H21FN2O6. The Bertz CT molecular complexity index is 708. The molecule has 1 aromatic heterocycles. The Labute approximate surface area is 137 Å². The minimum absolute atomic E-state index is 0.400. The number of hydrogen-bond acceptors (Lipinski definition) is 6. The fourth-order valence-electron chi connectivity index (χ4n) is 2.47. The van der Waals surface area contributed by atoms with Gasteiger partial charge in [-0.3, -0.25) is 9.59 Å². The van der Waals surface area contributed by atoms with Gasteiger partial charge < -0.3 is 19.6 Å². The fourth-order valence-corrected chi connectivity index (χ4v) is 2.47. The van der Waals surface area contributed by atoms with E-state index in [2.05, 4.69) is 4.98 Å². The lowest BCUT2D eigenvalue weighted by atomic mass is 9.84. The first-order valence-corrected chi connectivity index (χ1v) is 7.53. The van der Waals surface area contributed by atoms with Gasteiger partial charge in [-0.25, -0.2) is 13.8 Å². The summed E-state index contributed by atoms with van der Waals surface area (Å²) in [5.74, 6) is -0.934. The highest BCUT2D eigenvalue weighted by Gasteiger charge is 2.64. The number of aliphatic hydroxyl groups is 1. The summed E-state index contributed by atoms with van der Waals surface area (Å²) in [6.07, 6.45) is -1.77. The second kappa shape index (κ2) is 6.14. The van der Waals surface area contributed by atoms with Gasteiger partial charge >= 0.3 is 11.7 Å². The predicted octanol–water partition coefficient (Wildman–Crippen LogP) is 0.112. The average molecular weight is 344 g/mol. The van der Waals surface area contributed by atoms with Crippen LogP contribution in [-0.2, 0) is 14.3 Å². The standard InChI is InChI=1S/C15H21FN2O6/c1-8(2)11(20)23-7-9-15(4,22)14(3,16)12(24-9)18-10(19)5-6-17-13(18)21/h5-6,8-9,12,22H,7H2,1-4H3,(H,17,21)/t9-,12+,14+,15-/m1/s1. The lowest BCUT2D eigenvalue weighted by Crippen LogP contribution is -2.54. The topological polar surface area (TPSA) is 111 Å². The van der Waals surface area contributed by atoms with Crippen LogP contribution in [0.15, 0.2) is 21.9 Å². The number of hydrogen-bond donors (Lipinski definition) is 2. The number of carbonyl (C=O) groups is 1. The quantitative estimate of drug-likeness (QED) is 0.750. The zero-order valence-electron chi connectivity index (χ0n) is 13.9. The van der Waals surface area contributed by atoms with E-state index in [9.17, 15) is 19.5 Å². The molecule has 24 heavy (non-hydrogen) atoms. The molecule has 1 aliphatic heterocycles. The Hall–Kier alpha value is -2.00. The second-order valence-electron chi connectivity index (χ2n) is 6.48. The Kier molecular flexibility index (Phi) is 4.69. The van der Waals surface area contributed by atoms with Crippen LogP contribution in [-0.4, -0.2) is 44.6 Å². The van der Waals surface area contributed by atoms with Gasteiger partial charge in [0.25, 0.3) is 5.56 Å². The molecule has 0 aliphatic carbocycles.